The lowest BCUT2D eigenvalue weighted by molar-refractivity contribution is -0.125. The fourth-order valence-corrected chi connectivity index (χ4v) is 3.68. The van der Waals surface area contributed by atoms with Crippen molar-refractivity contribution in [3.63, 3.8) is 0 Å². The van der Waals surface area contributed by atoms with Gasteiger partial charge in [0.15, 0.2) is 0 Å². The second kappa shape index (κ2) is 9.41. The number of aryl methyl sites for hydroxylation is 1. The molecule has 0 unspecified atom stereocenters. The zero-order chi connectivity index (χ0) is 22.4. The number of aromatic nitrogens is 1. The molecule has 0 aliphatic heterocycles. The topological polar surface area (TPSA) is 149 Å². The van der Waals surface area contributed by atoms with Crippen molar-refractivity contribution >= 4 is 38.6 Å². The van der Waals surface area contributed by atoms with E-state index >= 15 is 0 Å². The van der Waals surface area contributed by atoms with Crippen LogP contribution in [0.15, 0.2) is 59.6 Å². The molecule has 0 saturated carbocycles. The highest BCUT2D eigenvalue weighted by Crippen LogP contribution is 2.17. The van der Waals surface area contributed by atoms with Crippen molar-refractivity contribution in [1.29, 1.82) is 0 Å². The first-order valence-electron chi connectivity index (χ1n) is 9.24. The molecule has 162 valence electrons. The van der Waals surface area contributed by atoms with Gasteiger partial charge < -0.3 is 10.3 Å². The van der Waals surface area contributed by atoms with Crippen LogP contribution in [-0.4, -0.2) is 44.2 Å². The molecule has 0 fully saturated rings. The van der Waals surface area contributed by atoms with E-state index in [2.05, 4.69) is 25.9 Å². The lowest BCUT2D eigenvalue weighted by Crippen LogP contribution is -2.47. The maximum absolute atomic E-state index is 12.2. The second-order valence-corrected chi connectivity index (χ2v) is 8.43. The average molecular weight is 443 g/mol. The third-order valence-electron chi connectivity index (χ3n) is 4.35. The Morgan fingerprint density at radius 2 is 1.61 bits per heavy atom. The van der Waals surface area contributed by atoms with Crippen LogP contribution in [0.4, 0.5) is 0 Å². The normalized spacial score (nSPS) is 11.1. The van der Waals surface area contributed by atoms with E-state index < -0.39 is 40.8 Å². The van der Waals surface area contributed by atoms with Gasteiger partial charge >= 0.3 is 0 Å². The number of benzene rings is 2. The van der Waals surface area contributed by atoms with E-state index in [9.17, 15) is 22.8 Å². The van der Waals surface area contributed by atoms with Gasteiger partial charge in [0.25, 0.3) is 11.8 Å². The lowest BCUT2D eigenvalue weighted by Gasteiger charge is -2.09. The molecule has 0 spiro atoms. The van der Waals surface area contributed by atoms with Crippen molar-refractivity contribution < 1.29 is 22.8 Å². The van der Waals surface area contributed by atoms with Crippen LogP contribution in [0.1, 0.15) is 15.9 Å². The molecule has 0 radical (unpaired) electrons. The minimum atomic E-state index is -3.85. The molecule has 0 atom stereocenters. The van der Waals surface area contributed by atoms with E-state index in [1.165, 1.54) is 18.3 Å². The first-order valence-corrected chi connectivity index (χ1v) is 10.7. The molecule has 3 rings (SSSR count). The summed E-state index contributed by atoms with van der Waals surface area (Å²) in [7, 11) is -3.85. The van der Waals surface area contributed by atoms with Crippen molar-refractivity contribution in [3.8, 4) is 0 Å². The van der Waals surface area contributed by atoms with Gasteiger partial charge in [-0.2, -0.15) is 0 Å². The Balaban J connectivity index is 1.42. The van der Waals surface area contributed by atoms with Crippen LogP contribution in [0, 0.1) is 6.92 Å². The Morgan fingerprint density at radius 1 is 0.903 bits per heavy atom. The molecule has 0 aliphatic carbocycles. The van der Waals surface area contributed by atoms with E-state index in [1.54, 1.807) is 24.3 Å². The van der Waals surface area contributed by atoms with Crippen LogP contribution in [0.25, 0.3) is 10.9 Å². The minimum absolute atomic E-state index is 0.0311. The molecular weight excluding hydrogens is 422 g/mol. The Morgan fingerprint density at radius 3 is 2.35 bits per heavy atom. The highest BCUT2D eigenvalue weighted by molar-refractivity contribution is 7.89. The molecule has 0 aliphatic rings. The number of rotatable bonds is 7. The van der Waals surface area contributed by atoms with Gasteiger partial charge in [-0.15, -0.1) is 0 Å². The molecule has 0 saturated heterocycles. The summed E-state index contributed by atoms with van der Waals surface area (Å²) in [5.41, 5.74) is 6.48. The number of sulfonamides is 1. The summed E-state index contributed by atoms with van der Waals surface area (Å²) in [5.74, 6) is -1.90. The molecule has 1 aromatic heterocycles. The molecule has 11 heteroatoms. The third kappa shape index (κ3) is 5.68. The highest BCUT2D eigenvalue weighted by Gasteiger charge is 2.16. The van der Waals surface area contributed by atoms with Gasteiger partial charge in [-0.1, -0.05) is 35.9 Å². The number of para-hydroxylation sites is 1. The molecule has 2 aromatic carbocycles. The van der Waals surface area contributed by atoms with E-state index in [0.717, 1.165) is 11.1 Å². The number of carbonyl (C=O) groups excluding carboxylic acids is 3. The molecule has 1 heterocycles. The van der Waals surface area contributed by atoms with Gasteiger partial charge in [0.2, 0.25) is 15.9 Å². The van der Waals surface area contributed by atoms with Gasteiger partial charge in [-0.05, 0) is 25.1 Å². The Kier molecular flexibility index (Phi) is 6.68. The quantitative estimate of drug-likeness (QED) is 0.334. The van der Waals surface area contributed by atoms with Crippen LogP contribution >= 0.6 is 0 Å². The summed E-state index contributed by atoms with van der Waals surface area (Å²) < 4.78 is 26.5. The second-order valence-electron chi connectivity index (χ2n) is 6.66. The number of hydrogen-bond donors (Lipinski definition) is 5. The third-order valence-corrected chi connectivity index (χ3v) is 5.77. The number of carbonyl (C=O) groups is 3. The van der Waals surface area contributed by atoms with Crippen molar-refractivity contribution in [2.75, 3.05) is 13.1 Å². The largest absolute Gasteiger partial charge is 0.360 e. The van der Waals surface area contributed by atoms with Crippen molar-refractivity contribution in [2.45, 2.75) is 11.8 Å². The van der Waals surface area contributed by atoms with Crippen molar-refractivity contribution in [2.24, 2.45) is 0 Å². The fourth-order valence-electron chi connectivity index (χ4n) is 2.70. The fraction of sp³-hybridized carbons (Fsp3) is 0.150. The molecule has 5 N–H and O–H groups in total. The maximum atomic E-state index is 12.2. The number of H-pyrrole nitrogens is 1. The lowest BCUT2D eigenvalue weighted by atomic mass is 10.2. The molecule has 10 nitrogen and oxygen atoms in total. The van der Waals surface area contributed by atoms with E-state index in [-0.39, 0.29) is 4.90 Å². The van der Waals surface area contributed by atoms with Gasteiger partial charge in [0.05, 0.1) is 23.5 Å². The summed E-state index contributed by atoms with van der Waals surface area (Å²) in [6, 6.07) is 13.3. The molecule has 3 aromatic rings. The summed E-state index contributed by atoms with van der Waals surface area (Å²) in [6.07, 6.45) is 1.52. The van der Waals surface area contributed by atoms with Crippen LogP contribution in [0.2, 0.25) is 0 Å². The first-order chi connectivity index (χ1) is 14.8. The first kappa shape index (κ1) is 22.0. The van der Waals surface area contributed by atoms with E-state index in [1.807, 2.05) is 19.1 Å². The van der Waals surface area contributed by atoms with Crippen molar-refractivity contribution in [1.82, 2.24) is 25.9 Å². The molecule has 3 amide bonds. The summed E-state index contributed by atoms with van der Waals surface area (Å²) in [4.78, 5) is 38.9. The van der Waals surface area contributed by atoms with Crippen molar-refractivity contribution in [3.05, 3.63) is 65.9 Å². The number of amides is 3. The molecule has 0 bridgehead atoms. The smallest absolute Gasteiger partial charge is 0.271 e. The van der Waals surface area contributed by atoms with Crippen LogP contribution in [-0.2, 0) is 19.6 Å². The zero-order valence-corrected chi connectivity index (χ0v) is 17.4. The van der Waals surface area contributed by atoms with Gasteiger partial charge in [0.1, 0.15) is 0 Å². The predicted octanol–water partition coefficient (Wildman–Crippen LogP) is 0.332. The number of hydrazine groups is 1. The number of aromatic amines is 1. The van der Waals surface area contributed by atoms with Gasteiger partial charge in [-0.25, -0.2) is 13.1 Å². The van der Waals surface area contributed by atoms with Gasteiger partial charge in [0, 0.05) is 17.1 Å². The van der Waals surface area contributed by atoms with Crippen LogP contribution < -0.4 is 20.9 Å². The van der Waals surface area contributed by atoms with Crippen LogP contribution in [0.3, 0.4) is 0 Å². The van der Waals surface area contributed by atoms with E-state index in [4.69, 9.17) is 0 Å². The highest BCUT2D eigenvalue weighted by atomic mass is 32.2. The Bertz CT molecular complexity index is 1220. The molecule has 31 heavy (non-hydrogen) atoms. The summed E-state index contributed by atoms with van der Waals surface area (Å²) in [5, 5.41) is 2.97. The predicted molar refractivity (Wildman–Crippen MR) is 113 cm³/mol. The number of nitrogens with one attached hydrogen (secondary N) is 5. The average Bonchev–Trinajstić information content (AvgIpc) is 3.19. The SMILES string of the molecule is Cc1ccc(S(=O)(=O)NCC(=O)NCC(=O)NNC(=O)c2c[nH]c3ccccc23)cc1. The number of hydrogen-bond acceptors (Lipinski definition) is 5. The summed E-state index contributed by atoms with van der Waals surface area (Å²) >= 11 is 0. The number of fused-ring (bicyclic) bond motifs is 1. The zero-order valence-electron chi connectivity index (χ0n) is 16.6. The summed E-state index contributed by atoms with van der Waals surface area (Å²) in [6.45, 7) is 0.843. The van der Waals surface area contributed by atoms with Crippen LogP contribution in [0.5, 0.6) is 0 Å². The Labute approximate surface area is 178 Å². The monoisotopic (exact) mass is 443 g/mol. The van der Waals surface area contributed by atoms with Gasteiger partial charge in [-0.3, -0.25) is 25.2 Å². The minimum Gasteiger partial charge on any atom is -0.360 e. The molecular formula is C20H21N5O5S. The standard InChI is InChI=1S/C20H21N5O5S/c1-13-6-8-14(9-7-13)31(29,30)23-12-18(26)22-11-19(27)24-25-20(28)16-10-21-17-5-3-2-4-15(16)17/h2-10,21,23H,11-12H2,1H3,(H,22,26)(H,24,27)(H,25,28). The Hall–Kier alpha value is -3.70. The van der Waals surface area contributed by atoms with E-state index in [0.29, 0.717) is 10.9 Å². The maximum Gasteiger partial charge on any atom is 0.271 e.